The summed E-state index contributed by atoms with van der Waals surface area (Å²) in [4.78, 5) is 12.7. The molecule has 0 unspecified atom stereocenters. The molecule has 0 heterocycles. The fraction of sp³-hybridized carbons (Fsp3) is 0.364. The first-order valence-corrected chi connectivity index (χ1v) is 6.25. The molecule has 0 aromatic heterocycles. The first-order chi connectivity index (χ1) is 6.72. The molecular weight excluding hydrogens is 216 g/mol. The minimum Gasteiger partial charge on any atom is -0.294 e. The predicted molar refractivity (Wildman–Crippen MR) is 62.4 cm³/mol. The van der Waals surface area contributed by atoms with Crippen LogP contribution < -0.4 is 0 Å². The second-order valence-corrected chi connectivity index (χ2v) is 4.08. The third-order valence-electron chi connectivity index (χ3n) is 2.08. The van der Waals surface area contributed by atoms with E-state index >= 15 is 0 Å². The van der Waals surface area contributed by atoms with Crippen LogP contribution >= 0.6 is 23.4 Å². The number of carbonyl (C=O) groups is 1. The summed E-state index contributed by atoms with van der Waals surface area (Å²) in [5, 5.41) is 0. The fourth-order valence-corrected chi connectivity index (χ4v) is 1.96. The van der Waals surface area contributed by atoms with E-state index in [9.17, 15) is 4.79 Å². The summed E-state index contributed by atoms with van der Waals surface area (Å²) >= 11 is 7.46. The lowest BCUT2D eigenvalue weighted by molar-refractivity contribution is 0.0987. The van der Waals surface area contributed by atoms with Gasteiger partial charge in [0, 0.05) is 22.8 Å². The molecule has 1 rings (SSSR count). The van der Waals surface area contributed by atoms with Gasteiger partial charge in [0.2, 0.25) is 0 Å². The highest BCUT2D eigenvalue weighted by molar-refractivity contribution is 7.98. The van der Waals surface area contributed by atoms with Crippen LogP contribution in [-0.2, 0) is 5.88 Å². The number of ketones is 1. The lowest BCUT2D eigenvalue weighted by atomic mass is 10.0. The van der Waals surface area contributed by atoms with Crippen molar-refractivity contribution in [3.8, 4) is 0 Å². The third kappa shape index (κ3) is 2.52. The quantitative estimate of drug-likeness (QED) is 0.444. The van der Waals surface area contributed by atoms with Crippen molar-refractivity contribution in [3.63, 3.8) is 0 Å². The molecule has 0 atom stereocenters. The Kier molecular flexibility index (Phi) is 4.49. The molecule has 1 aromatic carbocycles. The SMILES string of the molecule is CCC(=O)c1ccc(SC)cc1CCl. The monoisotopic (exact) mass is 228 g/mol. The summed E-state index contributed by atoms with van der Waals surface area (Å²) in [6.45, 7) is 1.86. The van der Waals surface area contributed by atoms with Crippen LogP contribution in [0.5, 0.6) is 0 Å². The molecule has 0 amide bonds. The van der Waals surface area contributed by atoms with E-state index in [-0.39, 0.29) is 5.78 Å². The van der Waals surface area contributed by atoms with Gasteiger partial charge in [-0.05, 0) is 30.0 Å². The average Bonchev–Trinajstić information content (AvgIpc) is 2.27. The number of benzene rings is 1. The summed E-state index contributed by atoms with van der Waals surface area (Å²) < 4.78 is 0. The van der Waals surface area contributed by atoms with Gasteiger partial charge in [0.1, 0.15) is 0 Å². The van der Waals surface area contributed by atoms with E-state index in [0.717, 1.165) is 16.0 Å². The highest BCUT2D eigenvalue weighted by atomic mass is 35.5. The van der Waals surface area contributed by atoms with E-state index in [1.165, 1.54) is 0 Å². The van der Waals surface area contributed by atoms with Crippen molar-refractivity contribution in [1.29, 1.82) is 0 Å². The van der Waals surface area contributed by atoms with E-state index in [2.05, 4.69) is 0 Å². The number of thioether (sulfide) groups is 1. The smallest absolute Gasteiger partial charge is 0.162 e. The molecule has 0 aliphatic rings. The van der Waals surface area contributed by atoms with Gasteiger partial charge < -0.3 is 0 Å². The van der Waals surface area contributed by atoms with Crippen LogP contribution in [0, 0.1) is 0 Å². The number of alkyl halides is 1. The molecule has 0 aliphatic heterocycles. The van der Waals surface area contributed by atoms with Crippen molar-refractivity contribution in [2.75, 3.05) is 6.26 Å². The molecule has 76 valence electrons. The Bertz CT molecular complexity index is 336. The van der Waals surface area contributed by atoms with Crippen LogP contribution in [0.2, 0.25) is 0 Å². The van der Waals surface area contributed by atoms with Gasteiger partial charge in [-0.2, -0.15) is 0 Å². The van der Waals surface area contributed by atoms with Gasteiger partial charge in [-0.15, -0.1) is 23.4 Å². The Hall–Kier alpha value is -0.470. The first kappa shape index (κ1) is 11.6. The topological polar surface area (TPSA) is 17.1 Å². The van der Waals surface area contributed by atoms with Crippen LogP contribution in [0.25, 0.3) is 0 Å². The van der Waals surface area contributed by atoms with Gasteiger partial charge in [0.05, 0.1) is 0 Å². The van der Waals surface area contributed by atoms with Crippen LogP contribution in [0.3, 0.4) is 0 Å². The second kappa shape index (κ2) is 5.42. The van der Waals surface area contributed by atoms with E-state index in [1.54, 1.807) is 11.8 Å². The van der Waals surface area contributed by atoms with Gasteiger partial charge in [-0.1, -0.05) is 6.92 Å². The van der Waals surface area contributed by atoms with E-state index < -0.39 is 0 Å². The minimum atomic E-state index is 0.160. The van der Waals surface area contributed by atoms with Crippen molar-refractivity contribution in [2.24, 2.45) is 0 Å². The van der Waals surface area contributed by atoms with E-state index in [1.807, 2.05) is 31.4 Å². The molecular formula is C11H13ClOS. The van der Waals surface area contributed by atoms with Gasteiger partial charge in [0.25, 0.3) is 0 Å². The molecule has 0 fully saturated rings. The summed E-state index contributed by atoms with van der Waals surface area (Å²) in [6, 6.07) is 5.82. The zero-order chi connectivity index (χ0) is 10.6. The van der Waals surface area contributed by atoms with Crippen LogP contribution in [0.15, 0.2) is 23.1 Å². The standard InChI is InChI=1S/C11H13ClOS/c1-3-11(13)10-5-4-9(14-2)6-8(10)7-12/h4-6H,3,7H2,1-2H3. The van der Waals surface area contributed by atoms with E-state index in [4.69, 9.17) is 11.6 Å². The fourth-order valence-electron chi connectivity index (χ4n) is 1.27. The van der Waals surface area contributed by atoms with Crippen molar-refractivity contribution in [2.45, 2.75) is 24.1 Å². The summed E-state index contributed by atoms with van der Waals surface area (Å²) in [5.41, 5.74) is 1.70. The number of hydrogen-bond acceptors (Lipinski definition) is 2. The summed E-state index contributed by atoms with van der Waals surface area (Å²) in [5.74, 6) is 0.559. The van der Waals surface area contributed by atoms with Crippen LogP contribution in [-0.4, -0.2) is 12.0 Å². The molecule has 14 heavy (non-hydrogen) atoms. The lowest BCUT2D eigenvalue weighted by Crippen LogP contribution is -2.01. The number of Topliss-reactive ketones (excluding diaryl/α,β-unsaturated/α-hetero) is 1. The molecule has 0 saturated heterocycles. The zero-order valence-electron chi connectivity index (χ0n) is 8.34. The molecule has 1 aromatic rings. The number of rotatable bonds is 4. The van der Waals surface area contributed by atoms with Crippen molar-refractivity contribution < 1.29 is 4.79 Å². The summed E-state index contributed by atoms with van der Waals surface area (Å²) in [7, 11) is 0. The predicted octanol–water partition coefficient (Wildman–Crippen LogP) is 3.74. The zero-order valence-corrected chi connectivity index (χ0v) is 9.91. The Morgan fingerprint density at radius 1 is 1.50 bits per heavy atom. The maximum atomic E-state index is 11.5. The first-order valence-electron chi connectivity index (χ1n) is 4.49. The van der Waals surface area contributed by atoms with Crippen LogP contribution in [0.4, 0.5) is 0 Å². The van der Waals surface area contributed by atoms with Gasteiger partial charge in [-0.25, -0.2) is 0 Å². The van der Waals surface area contributed by atoms with Crippen molar-refractivity contribution >= 4 is 29.1 Å². The number of halogens is 1. The van der Waals surface area contributed by atoms with Gasteiger partial charge in [0.15, 0.2) is 5.78 Å². The highest BCUT2D eigenvalue weighted by Gasteiger charge is 2.09. The largest absolute Gasteiger partial charge is 0.294 e. The molecule has 0 bridgehead atoms. The maximum Gasteiger partial charge on any atom is 0.162 e. The molecule has 1 nitrogen and oxygen atoms in total. The normalized spacial score (nSPS) is 10.2. The van der Waals surface area contributed by atoms with Crippen LogP contribution in [0.1, 0.15) is 29.3 Å². The Labute approximate surface area is 93.8 Å². The maximum absolute atomic E-state index is 11.5. The Balaban J connectivity index is 3.11. The Morgan fingerprint density at radius 3 is 2.71 bits per heavy atom. The molecule has 0 aliphatic carbocycles. The Morgan fingerprint density at radius 2 is 2.21 bits per heavy atom. The molecule has 0 N–H and O–H groups in total. The molecule has 0 radical (unpaired) electrons. The van der Waals surface area contributed by atoms with Crippen molar-refractivity contribution in [1.82, 2.24) is 0 Å². The molecule has 0 spiro atoms. The summed E-state index contributed by atoms with van der Waals surface area (Å²) in [6.07, 6.45) is 2.54. The molecule has 0 saturated carbocycles. The highest BCUT2D eigenvalue weighted by Crippen LogP contribution is 2.21. The minimum absolute atomic E-state index is 0.160. The van der Waals surface area contributed by atoms with Crippen molar-refractivity contribution in [3.05, 3.63) is 29.3 Å². The average molecular weight is 229 g/mol. The third-order valence-corrected chi connectivity index (χ3v) is 3.09. The molecule has 3 heteroatoms. The van der Waals surface area contributed by atoms with Gasteiger partial charge >= 0.3 is 0 Å². The van der Waals surface area contributed by atoms with Gasteiger partial charge in [-0.3, -0.25) is 4.79 Å². The lowest BCUT2D eigenvalue weighted by Gasteiger charge is -2.06. The second-order valence-electron chi connectivity index (χ2n) is 2.93. The van der Waals surface area contributed by atoms with E-state index in [0.29, 0.717) is 12.3 Å². The number of carbonyl (C=O) groups excluding carboxylic acids is 1. The number of hydrogen-bond donors (Lipinski definition) is 0.